The van der Waals surface area contributed by atoms with E-state index < -0.39 is 0 Å². The maximum atomic E-state index is 5.06. The molecule has 1 aromatic rings. The van der Waals surface area contributed by atoms with Gasteiger partial charge in [0.1, 0.15) is 0 Å². The van der Waals surface area contributed by atoms with Crippen LogP contribution in [-0.4, -0.2) is 17.5 Å². The molecule has 0 aromatic carbocycles. The van der Waals surface area contributed by atoms with Gasteiger partial charge in [0.25, 0.3) is 0 Å². The number of nitrogens with one attached hydrogen (secondary N) is 1. The zero-order chi connectivity index (χ0) is 11.3. The van der Waals surface area contributed by atoms with Gasteiger partial charge in [0.05, 0.1) is 12.5 Å². The largest absolute Gasteiger partial charge is 0.472 e. The molecule has 0 radical (unpaired) electrons. The molecule has 0 spiro atoms. The Labute approximate surface area is 102 Å². The SMILES string of the molecule is CSC1(CNCc2ccoc2)CCCCC1. The predicted octanol–water partition coefficient (Wildman–Crippen LogP) is 3.44. The van der Waals surface area contributed by atoms with Crippen LogP contribution in [0.15, 0.2) is 23.0 Å². The van der Waals surface area contributed by atoms with Crippen molar-refractivity contribution < 1.29 is 4.42 Å². The van der Waals surface area contributed by atoms with Gasteiger partial charge in [-0.05, 0) is 25.2 Å². The lowest BCUT2D eigenvalue weighted by Crippen LogP contribution is -2.39. The van der Waals surface area contributed by atoms with Gasteiger partial charge < -0.3 is 9.73 Å². The molecule has 0 unspecified atom stereocenters. The fourth-order valence-corrected chi connectivity index (χ4v) is 3.42. The zero-order valence-electron chi connectivity index (χ0n) is 10.00. The van der Waals surface area contributed by atoms with Gasteiger partial charge in [-0.2, -0.15) is 11.8 Å². The highest BCUT2D eigenvalue weighted by atomic mass is 32.2. The quantitative estimate of drug-likeness (QED) is 0.852. The van der Waals surface area contributed by atoms with E-state index in [9.17, 15) is 0 Å². The predicted molar refractivity (Wildman–Crippen MR) is 69.7 cm³/mol. The van der Waals surface area contributed by atoms with Crippen LogP contribution in [0.1, 0.15) is 37.7 Å². The van der Waals surface area contributed by atoms with E-state index in [0.717, 1.165) is 13.1 Å². The van der Waals surface area contributed by atoms with Gasteiger partial charge in [-0.3, -0.25) is 0 Å². The van der Waals surface area contributed by atoms with Gasteiger partial charge >= 0.3 is 0 Å². The fraction of sp³-hybridized carbons (Fsp3) is 0.692. The standard InChI is InChI=1S/C13H21NOS/c1-16-13(6-3-2-4-7-13)11-14-9-12-5-8-15-10-12/h5,8,10,14H,2-4,6-7,9,11H2,1H3. The van der Waals surface area contributed by atoms with Gasteiger partial charge in [-0.1, -0.05) is 19.3 Å². The van der Waals surface area contributed by atoms with E-state index in [2.05, 4.69) is 11.6 Å². The molecule has 1 aromatic heterocycles. The molecule has 2 nitrogen and oxygen atoms in total. The molecule has 90 valence electrons. The van der Waals surface area contributed by atoms with Gasteiger partial charge in [-0.15, -0.1) is 0 Å². The second kappa shape index (κ2) is 5.78. The molecular formula is C13H21NOS. The van der Waals surface area contributed by atoms with Crippen molar-refractivity contribution in [2.24, 2.45) is 0 Å². The first kappa shape index (κ1) is 12.1. The number of hydrogen-bond acceptors (Lipinski definition) is 3. The molecule has 1 N–H and O–H groups in total. The molecule has 0 bridgehead atoms. The minimum absolute atomic E-state index is 0.488. The third-order valence-electron chi connectivity index (χ3n) is 3.55. The lowest BCUT2D eigenvalue weighted by molar-refractivity contribution is 0.379. The van der Waals surface area contributed by atoms with Crippen LogP contribution in [0.2, 0.25) is 0 Å². The average Bonchev–Trinajstić information content (AvgIpc) is 2.83. The van der Waals surface area contributed by atoms with Crippen molar-refractivity contribution in [2.45, 2.75) is 43.4 Å². The molecule has 2 rings (SSSR count). The molecule has 1 saturated carbocycles. The Kier molecular flexibility index (Phi) is 4.36. The zero-order valence-corrected chi connectivity index (χ0v) is 10.8. The Bertz CT molecular complexity index is 291. The monoisotopic (exact) mass is 239 g/mol. The van der Waals surface area contributed by atoms with Gasteiger partial charge in [-0.25, -0.2) is 0 Å². The lowest BCUT2D eigenvalue weighted by Gasteiger charge is -2.36. The highest BCUT2D eigenvalue weighted by Gasteiger charge is 2.30. The smallest absolute Gasteiger partial charge is 0.0947 e. The van der Waals surface area contributed by atoms with Crippen molar-refractivity contribution in [1.29, 1.82) is 0 Å². The summed E-state index contributed by atoms with van der Waals surface area (Å²) < 4.78 is 5.55. The normalized spacial score (nSPS) is 19.8. The molecular weight excluding hydrogens is 218 g/mol. The molecule has 0 amide bonds. The van der Waals surface area contributed by atoms with Crippen LogP contribution in [0.5, 0.6) is 0 Å². The Morgan fingerprint density at radius 1 is 1.38 bits per heavy atom. The summed E-state index contributed by atoms with van der Waals surface area (Å²) in [5.74, 6) is 0. The van der Waals surface area contributed by atoms with E-state index in [-0.39, 0.29) is 0 Å². The average molecular weight is 239 g/mol. The number of thioether (sulfide) groups is 1. The summed E-state index contributed by atoms with van der Waals surface area (Å²) >= 11 is 2.04. The summed E-state index contributed by atoms with van der Waals surface area (Å²) in [7, 11) is 0. The van der Waals surface area contributed by atoms with Crippen molar-refractivity contribution in [3.63, 3.8) is 0 Å². The molecule has 0 aliphatic heterocycles. The second-order valence-corrected chi connectivity index (χ2v) is 5.96. The van der Waals surface area contributed by atoms with E-state index in [4.69, 9.17) is 4.42 Å². The maximum absolute atomic E-state index is 5.06. The van der Waals surface area contributed by atoms with Crippen LogP contribution < -0.4 is 5.32 Å². The van der Waals surface area contributed by atoms with Crippen molar-refractivity contribution in [3.05, 3.63) is 24.2 Å². The molecule has 1 aliphatic rings. The minimum atomic E-state index is 0.488. The molecule has 3 heteroatoms. The van der Waals surface area contributed by atoms with E-state index in [0.29, 0.717) is 4.75 Å². The Morgan fingerprint density at radius 3 is 2.81 bits per heavy atom. The summed E-state index contributed by atoms with van der Waals surface area (Å²) in [5.41, 5.74) is 1.24. The van der Waals surface area contributed by atoms with Crippen LogP contribution in [0, 0.1) is 0 Å². The van der Waals surface area contributed by atoms with E-state index in [1.54, 1.807) is 6.26 Å². The summed E-state index contributed by atoms with van der Waals surface area (Å²) in [4.78, 5) is 0. The molecule has 0 atom stereocenters. The molecule has 16 heavy (non-hydrogen) atoms. The Morgan fingerprint density at radius 2 is 2.19 bits per heavy atom. The number of furan rings is 1. The number of rotatable bonds is 5. The van der Waals surface area contributed by atoms with Crippen LogP contribution in [0.25, 0.3) is 0 Å². The number of hydrogen-bond donors (Lipinski definition) is 1. The van der Waals surface area contributed by atoms with Crippen LogP contribution in [-0.2, 0) is 6.54 Å². The van der Waals surface area contributed by atoms with E-state index >= 15 is 0 Å². The molecule has 1 aliphatic carbocycles. The summed E-state index contributed by atoms with van der Waals surface area (Å²) in [5, 5.41) is 3.57. The summed E-state index contributed by atoms with van der Waals surface area (Å²) in [6, 6.07) is 2.03. The minimum Gasteiger partial charge on any atom is -0.472 e. The molecule has 1 fully saturated rings. The highest BCUT2D eigenvalue weighted by molar-refractivity contribution is 8.00. The van der Waals surface area contributed by atoms with E-state index in [1.165, 1.54) is 37.7 Å². The van der Waals surface area contributed by atoms with Crippen molar-refractivity contribution in [1.82, 2.24) is 5.32 Å². The first-order chi connectivity index (χ1) is 7.85. The molecule has 1 heterocycles. The highest BCUT2D eigenvalue weighted by Crippen LogP contribution is 2.37. The first-order valence-electron chi connectivity index (χ1n) is 6.12. The third kappa shape index (κ3) is 3.05. The lowest BCUT2D eigenvalue weighted by atomic mass is 9.88. The fourth-order valence-electron chi connectivity index (χ4n) is 2.48. The van der Waals surface area contributed by atoms with Gasteiger partial charge in [0.15, 0.2) is 0 Å². The van der Waals surface area contributed by atoms with Crippen molar-refractivity contribution in [2.75, 3.05) is 12.8 Å². The maximum Gasteiger partial charge on any atom is 0.0947 e. The van der Waals surface area contributed by atoms with Crippen LogP contribution in [0.3, 0.4) is 0 Å². The Hall–Kier alpha value is -0.410. The van der Waals surface area contributed by atoms with Crippen molar-refractivity contribution in [3.8, 4) is 0 Å². The second-order valence-electron chi connectivity index (χ2n) is 4.68. The Balaban J connectivity index is 1.78. The topological polar surface area (TPSA) is 25.2 Å². The third-order valence-corrected chi connectivity index (χ3v) is 4.97. The van der Waals surface area contributed by atoms with Crippen molar-refractivity contribution >= 4 is 11.8 Å². The van der Waals surface area contributed by atoms with Gasteiger partial charge in [0, 0.05) is 23.4 Å². The van der Waals surface area contributed by atoms with Crippen LogP contribution in [0.4, 0.5) is 0 Å². The van der Waals surface area contributed by atoms with Crippen LogP contribution >= 0.6 is 11.8 Å². The first-order valence-corrected chi connectivity index (χ1v) is 7.34. The van der Waals surface area contributed by atoms with Gasteiger partial charge in [0.2, 0.25) is 0 Å². The molecule has 0 saturated heterocycles. The summed E-state index contributed by atoms with van der Waals surface area (Å²) in [6.07, 6.45) is 12.8. The summed E-state index contributed by atoms with van der Waals surface area (Å²) in [6.45, 7) is 2.05. The van der Waals surface area contributed by atoms with E-state index in [1.807, 2.05) is 24.1 Å².